The van der Waals surface area contributed by atoms with Gasteiger partial charge in [0, 0.05) is 37.4 Å². The summed E-state index contributed by atoms with van der Waals surface area (Å²) in [6.07, 6.45) is 0. The zero-order valence-electron chi connectivity index (χ0n) is 15.1. The molecule has 2 aromatic rings. The summed E-state index contributed by atoms with van der Waals surface area (Å²) in [5.41, 5.74) is 0.589. The van der Waals surface area contributed by atoms with Gasteiger partial charge in [-0.25, -0.2) is 12.8 Å². The Morgan fingerprint density at radius 1 is 1.07 bits per heavy atom. The van der Waals surface area contributed by atoms with Crippen molar-refractivity contribution in [2.45, 2.75) is 11.8 Å². The van der Waals surface area contributed by atoms with Crippen molar-refractivity contribution in [2.24, 2.45) is 0 Å². The first-order valence-electron chi connectivity index (χ1n) is 8.79. The van der Waals surface area contributed by atoms with Crippen LogP contribution in [0.3, 0.4) is 0 Å². The lowest BCUT2D eigenvalue weighted by Gasteiger charge is -2.34. The maximum Gasteiger partial charge on any atom is 0.261 e. The topological polar surface area (TPSA) is 69.7 Å². The van der Waals surface area contributed by atoms with Crippen molar-refractivity contribution in [2.75, 3.05) is 37.4 Å². The number of carbonyl (C=O) groups is 1. The highest BCUT2D eigenvalue weighted by Gasteiger charge is 2.23. The quantitative estimate of drug-likeness (QED) is 0.850. The second-order valence-corrected chi connectivity index (χ2v) is 8.05. The molecule has 1 N–H and O–H groups in total. The summed E-state index contributed by atoms with van der Waals surface area (Å²) in [5.74, 6) is -0.627. The first-order valence-corrected chi connectivity index (χ1v) is 10.3. The number of anilines is 1. The Morgan fingerprint density at radius 3 is 2.37 bits per heavy atom. The molecule has 3 rings (SSSR count). The predicted octanol–water partition coefficient (Wildman–Crippen LogP) is 2.40. The molecule has 0 aromatic heterocycles. The number of sulfonamides is 1. The molecule has 1 heterocycles. The molecule has 27 heavy (non-hydrogen) atoms. The largest absolute Gasteiger partial charge is 0.336 e. The van der Waals surface area contributed by atoms with Gasteiger partial charge in [-0.1, -0.05) is 13.0 Å². The average Bonchev–Trinajstić information content (AvgIpc) is 2.69. The van der Waals surface area contributed by atoms with Crippen molar-refractivity contribution >= 4 is 21.6 Å². The summed E-state index contributed by atoms with van der Waals surface area (Å²) in [5, 5.41) is 0. The van der Waals surface area contributed by atoms with Gasteiger partial charge in [0.15, 0.2) is 0 Å². The van der Waals surface area contributed by atoms with Crippen LogP contribution in [-0.2, 0) is 10.0 Å². The van der Waals surface area contributed by atoms with Crippen molar-refractivity contribution in [3.63, 3.8) is 0 Å². The van der Waals surface area contributed by atoms with E-state index in [0.717, 1.165) is 19.6 Å². The normalized spacial score (nSPS) is 15.6. The van der Waals surface area contributed by atoms with E-state index in [9.17, 15) is 17.6 Å². The molecule has 1 saturated heterocycles. The van der Waals surface area contributed by atoms with Gasteiger partial charge in [0.25, 0.3) is 15.9 Å². The summed E-state index contributed by atoms with van der Waals surface area (Å²) in [7, 11) is -3.88. The predicted molar refractivity (Wildman–Crippen MR) is 102 cm³/mol. The summed E-state index contributed by atoms with van der Waals surface area (Å²) < 4.78 is 40.5. The number of benzene rings is 2. The van der Waals surface area contributed by atoms with Gasteiger partial charge in [-0.3, -0.25) is 9.52 Å². The zero-order chi connectivity index (χ0) is 19.4. The van der Waals surface area contributed by atoms with E-state index in [0.29, 0.717) is 18.7 Å². The van der Waals surface area contributed by atoms with Crippen LogP contribution in [0.1, 0.15) is 17.3 Å². The van der Waals surface area contributed by atoms with Crippen LogP contribution in [0.25, 0.3) is 0 Å². The van der Waals surface area contributed by atoms with Gasteiger partial charge < -0.3 is 9.80 Å². The average molecular weight is 391 g/mol. The number of likely N-dealkylation sites (N-methyl/N-ethyl adjacent to an activating group) is 1. The van der Waals surface area contributed by atoms with Gasteiger partial charge >= 0.3 is 0 Å². The Labute approximate surface area is 158 Å². The van der Waals surface area contributed by atoms with Gasteiger partial charge in [0.1, 0.15) is 5.82 Å². The van der Waals surface area contributed by atoms with E-state index in [2.05, 4.69) is 16.5 Å². The third-order valence-electron chi connectivity index (χ3n) is 4.59. The van der Waals surface area contributed by atoms with Crippen LogP contribution in [0, 0.1) is 5.82 Å². The monoisotopic (exact) mass is 391 g/mol. The van der Waals surface area contributed by atoms with Crippen LogP contribution in [0.2, 0.25) is 0 Å². The molecule has 1 aliphatic heterocycles. The number of piperazine rings is 1. The van der Waals surface area contributed by atoms with Gasteiger partial charge in [0.2, 0.25) is 0 Å². The number of nitrogens with zero attached hydrogens (tertiary/aromatic N) is 2. The first kappa shape index (κ1) is 19.3. The van der Waals surface area contributed by atoms with Gasteiger partial charge in [0.05, 0.1) is 4.90 Å². The lowest BCUT2D eigenvalue weighted by molar-refractivity contribution is 0.0643. The van der Waals surface area contributed by atoms with Crippen LogP contribution in [0.5, 0.6) is 0 Å². The number of hydrogen-bond acceptors (Lipinski definition) is 4. The molecular weight excluding hydrogens is 369 g/mol. The van der Waals surface area contributed by atoms with Crippen LogP contribution in [0.15, 0.2) is 53.4 Å². The molecule has 0 spiro atoms. The standard InChI is InChI=1S/C19H22FN3O3S/c1-2-22-10-12-23(13-11-22)19(24)15-4-3-5-18(14-15)27(25,26)21-17-8-6-16(20)7-9-17/h3-9,14,21H,2,10-13H2,1H3. The van der Waals surface area contributed by atoms with E-state index < -0.39 is 15.8 Å². The van der Waals surface area contributed by atoms with E-state index in [-0.39, 0.29) is 16.5 Å². The Balaban J connectivity index is 1.76. The third-order valence-corrected chi connectivity index (χ3v) is 5.97. The van der Waals surface area contributed by atoms with Gasteiger partial charge in [-0.15, -0.1) is 0 Å². The van der Waals surface area contributed by atoms with Crippen LogP contribution in [0.4, 0.5) is 10.1 Å². The molecule has 1 amide bonds. The number of nitrogens with one attached hydrogen (secondary N) is 1. The Bertz CT molecular complexity index is 908. The Hall–Kier alpha value is -2.45. The number of carbonyl (C=O) groups excluding carboxylic acids is 1. The third kappa shape index (κ3) is 4.64. The van der Waals surface area contributed by atoms with Crippen molar-refractivity contribution < 1.29 is 17.6 Å². The first-order chi connectivity index (χ1) is 12.9. The SMILES string of the molecule is CCN1CCN(C(=O)c2cccc(S(=O)(=O)Nc3ccc(F)cc3)c2)CC1. The van der Waals surface area contributed by atoms with Crippen molar-refractivity contribution in [1.29, 1.82) is 0 Å². The molecule has 0 bridgehead atoms. The number of rotatable bonds is 5. The molecule has 144 valence electrons. The van der Waals surface area contributed by atoms with E-state index in [1.807, 2.05) is 0 Å². The Morgan fingerprint density at radius 2 is 1.74 bits per heavy atom. The summed E-state index contributed by atoms with van der Waals surface area (Å²) >= 11 is 0. The zero-order valence-corrected chi connectivity index (χ0v) is 15.9. The highest BCUT2D eigenvalue weighted by Crippen LogP contribution is 2.19. The molecule has 1 aliphatic rings. The lowest BCUT2D eigenvalue weighted by atomic mass is 10.2. The van der Waals surface area contributed by atoms with Crippen LogP contribution in [-0.4, -0.2) is 56.8 Å². The molecule has 6 nitrogen and oxygen atoms in total. The highest BCUT2D eigenvalue weighted by molar-refractivity contribution is 7.92. The lowest BCUT2D eigenvalue weighted by Crippen LogP contribution is -2.48. The second kappa shape index (κ2) is 8.06. The van der Waals surface area contributed by atoms with Crippen molar-refractivity contribution in [3.05, 3.63) is 59.9 Å². The summed E-state index contributed by atoms with van der Waals surface area (Å²) in [6, 6.07) is 11.0. The number of halogens is 1. The minimum absolute atomic E-state index is 0.00938. The minimum Gasteiger partial charge on any atom is -0.336 e. The van der Waals surface area contributed by atoms with Gasteiger partial charge in [-0.2, -0.15) is 0 Å². The minimum atomic E-state index is -3.88. The van der Waals surface area contributed by atoms with Gasteiger partial charge in [-0.05, 0) is 49.0 Å². The van der Waals surface area contributed by atoms with E-state index in [4.69, 9.17) is 0 Å². The number of amides is 1. The Kier molecular flexibility index (Phi) is 5.76. The van der Waals surface area contributed by atoms with Crippen molar-refractivity contribution in [1.82, 2.24) is 9.80 Å². The highest BCUT2D eigenvalue weighted by atomic mass is 32.2. The fourth-order valence-electron chi connectivity index (χ4n) is 2.98. The second-order valence-electron chi connectivity index (χ2n) is 6.37. The summed E-state index contributed by atoms with van der Waals surface area (Å²) in [4.78, 5) is 16.7. The van der Waals surface area contributed by atoms with E-state index >= 15 is 0 Å². The molecule has 1 fully saturated rings. The van der Waals surface area contributed by atoms with Crippen molar-refractivity contribution in [3.8, 4) is 0 Å². The molecular formula is C19H22FN3O3S. The number of hydrogen-bond donors (Lipinski definition) is 1. The van der Waals surface area contributed by atoms with E-state index in [1.165, 1.54) is 36.4 Å². The van der Waals surface area contributed by atoms with Crippen LogP contribution < -0.4 is 4.72 Å². The fourth-order valence-corrected chi connectivity index (χ4v) is 4.08. The summed E-state index contributed by atoms with van der Waals surface area (Å²) in [6.45, 7) is 5.90. The molecule has 0 radical (unpaired) electrons. The van der Waals surface area contributed by atoms with Crippen LogP contribution >= 0.6 is 0 Å². The molecule has 0 aliphatic carbocycles. The maximum absolute atomic E-state index is 13.0. The molecule has 0 unspecified atom stereocenters. The molecule has 2 aromatic carbocycles. The molecule has 0 saturated carbocycles. The molecule has 0 atom stereocenters. The smallest absolute Gasteiger partial charge is 0.261 e. The maximum atomic E-state index is 13.0. The fraction of sp³-hybridized carbons (Fsp3) is 0.316. The van der Waals surface area contributed by atoms with E-state index in [1.54, 1.807) is 17.0 Å². The molecule has 8 heteroatoms.